The smallest absolute Gasteiger partial charge is 0.183 e. The Kier molecular flexibility index (Phi) is 19.1. The zero-order valence-electron chi connectivity index (χ0n) is 33.2. The molecule has 2 saturated heterocycles. The summed E-state index contributed by atoms with van der Waals surface area (Å²) >= 11 is 0. The number of fused-ring (bicyclic) bond motifs is 2. The Bertz CT molecular complexity index is 1210. The number of ether oxygens (including phenoxy) is 4. The van der Waals surface area contributed by atoms with Crippen molar-refractivity contribution in [1.29, 1.82) is 0 Å². The fraction of sp³-hybridized carbons (Fsp3) is 0.714. The number of benzene rings is 2. The Morgan fingerprint density at radius 3 is 1.28 bits per heavy atom. The minimum atomic E-state index is -0.266. The fourth-order valence-electron chi connectivity index (χ4n) is 7.23. The number of aliphatic hydroxyl groups excluding tert-OH is 5. The number of hydrogen-bond donors (Lipinski definition) is 6. The maximum Gasteiger partial charge on any atom is 0.183 e. The van der Waals surface area contributed by atoms with Crippen molar-refractivity contribution in [2.75, 3.05) is 66.0 Å². The molecule has 7 N–H and O–H groups in total. The minimum Gasteiger partial charge on any atom is -0.396 e. The van der Waals surface area contributed by atoms with Crippen LogP contribution in [0.3, 0.4) is 0 Å². The van der Waals surface area contributed by atoms with Crippen LogP contribution >= 0.6 is 0 Å². The van der Waals surface area contributed by atoms with E-state index in [1.807, 2.05) is 88.4 Å². The summed E-state index contributed by atoms with van der Waals surface area (Å²) in [6, 6.07) is 20.0. The summed E-state index contributed by atoms with van der Waals surface area (Å²) in [6.07, 6.45) is 4.47. The number of hydrogen-bond acceptors (Lipinski definition) is 10. The molecule has 10 nitrogen and oxygen atoms in total. The predicted molar refractivity (Wildman–Crippen MR) is 213 cm³/mol. The zero-order valence-corrected chi connectivity index (χ0v) is 33.2. The molecular weight excluding hydrogens is 684 g/mol. The van der Waals surface area contributed by atoms with Crippen molar-refractivity contribution in [2.45, 2.75) is 78.6 Å². The molecule has 6 fully saturated rings. The molecule has 3 unspecified atom stereocenters. The highest BCUT2D eigenvalue weighted by atomic mass is 16.7. The van der Waals surface area contributed by atoms with Gasteiger partial charge in [0.15, 0.2) is 12.6 Å². The van der Waals surface area contributed by atoms with E-state index in [1.165, 1.54) is 0 Å². The first kappa shape index (κ1) is 46.6. The Hall–Kier alpha value is -1.83. The molecule has 2 aromatic rings. The molecule has 0 aromatic heterocycles. The molecule has 12 heteroatoms. The second-order valence-electron chi connectivity index (χ2n) is 15.3. The molecule has 4 saturated carbocycles. The van der Waals surface area contributed by atoms with E-state index in [9.17, 15) is 5.11 Å². The maximum atomic E-state index is 9.34. The lowest BCUT2D eigenvalue weighted by atomic mass is 9.87. The van der Waals surface area contributed by atoms with Crippen molar-refractivity contribution in [3.63, 3.8) is 0 Å². The summed E-state index contributed by atoms with van der Waals surface area (Å²) in [5.41, 5.74) is 7.91. The van der Waals surface area contributed by atoms with Gasteiger partial charge in [-0.15, -0.1) is 0 Å². The number of rotatable bonds is 10. The van der Waals surface area contributed by atoms with Crippen molar-refractivity contribution >= 4 is 15.7 Å². The van der Waals surface area contributed by atoms with Gasteiger partial charge in [-0.1, -0.05) is 101 Å². The summed E-state index contributed by atoms with van der Waals surface area (Å²) in [4.78, 5) is 0. The van der Waals surface area contributed by atoms with E-state index in [2.05, 4.69) is 0 Å². The van der Waals surface area contributed by atoms with Crippen LogP contribution in [0.25, 0.3) is 0 Å². The molecule has 0 amide bonds. The van der Waals surface area contributed by atoms with Gasteiger partial charge >= 0.3 is 0 Å². The molecule has 0 bridgehead atoms. The molecule has 10 atom stereocenters. The average molecular weight is 752 g/mol. The van der Waals surface area contributed by atoms with Gasteiger partial charge in [0.1, 0.15) is 0 Å². The average Bonchev–Trinajstić information content (AvgIpc) is 4.10. The van der Waals surface area contributed by atoms with E-state index >= 15 is 0 Å². The van der Waals surface area contributed by atoms with Gasteiger partial charge in [-0.2, -0.15) is 0 Å². The normalized spacial score (nSPS) is 36.1. The van der Waals surface area contributed by atoms with Gasteiger partial charge in [0.05, 0.1) is 48.7 Å². The van der Waals surface area contributed by atoms with Crippen LogP contribution in [0.15, 0.2) is 60.7 Å². The van der Waals surface area contributed by atoms with Crippen LogP contribution in [0.2, 0.25) is 12.6 Å². The van der Waals surface area contributed by atoms with E-state index in [4.69, 9.17) is 60.8 Å². The molecule has 6 aliphatic rings. The summed E-state index contributed by atoms with van der Waals surface area (Å²) in [5.74, 6) is 1.59. The van der Waals surface area contributed by atoms with Crippen molar-refractivity contribution < 1.29 is 44.5 Å². The fourth-order valence-corrected chi connectivity index (χ4v) is 7.23. The third-order valence-electron chi connectivity index (χ3n) is 12.1. The Morgan fingerprint density at radius 2 is 0.963 bits per heavy atom. The van der Waals surface area contributed by atoms with Crippen LogP contribution in [0, 0.1) is 45.3 Å². The lowest BCUT2D eigenvalue weighted by Crippen LogP contribution is -2.23. The van der Waals surface area contributed by atoms with E-state index < -0.39 is 0 Å². The monoisotopic (exact) mass is 752 g/mol. The molecule has 300 valence electrons. The second kappa shape index (κ2) is 22.2. The van der Waals surface area contributed by atoms with E-state index in [0.29, 0.717) is 44.2 Å². The minimum absolute atomic E-state index is 0.0104. The van der Waals surface area contributed by atoms with Gasteiger partial charge in [-0.25, -0.2) is 0 Å². The van der Waals surface area contributed by atoms with Crippen LogP contribution in [0.5, 0.6) is 0 Å². The Morgan fingerprint density at radius 1 is 0.574 bits per heavy atom. The van der Waals surface area contributed by atoms with Gasteiger partial charge in [0, 0.05) is 54.9 Å². The molecule has 8 rings (SSSR count). The third kappa shape index (κ3) is 11.6. The van der Waals surface area contributed by atoms with Crippen molar-refractivity contribution in [2.24, 2.45) is 51.1 Å². The van der Waals surface area contributed by atoms with Crippen molar-refractivity contribution in [3.05, 3.63) is 71.8 Å². The molecule has 4 aliphatic carbocycles. The van der Waals surface area contributed by atoms with Crippen LogP contribution < -0.4 is 5.73 Å². The molecular formula is C42H67B2NO9. The first-order chi connectivity index (χ1) is 26.3. The van der Waals surface area contributed by atoms with Crippen LogP contribution in [-0.4, -0.2) is 107 Å². The van der Waals surface area contributed by atoms with Gasteiger partial charge < -0.3 is 50.2 Å². The summed E-state index contributed by atoms with van der Waals surface area (Å²) in [6.45, 7) is 12.3. The lowest BCUT2D eigenvalue weighted by molar-refractivity contribution is -0.143. The van der Waals surface area contributed by atoms with Crippen LogP contribution in [0.4, 0.5) is 0 Å². The van der Waals surface area contributed by atoms with Crippen LogP contribution in [0.1, 0.15) is 77.1 Å². The predicted octanol–water partition coefficient (Wildman–Crippen LogP) is 4.61. The number of nitrogens with two attached hydrogens (primary N) is 1. The van der Waals surface area contributed by atoms with Gasteiger partial charge in [-0.3, -0.25) is 0 Å². The summed E-state index contributed by atoms with van der Waals surface area (Å²) in [7, 11) is 10.7. The Labute approximate surface area is 326 Å². The first-order valence-corrected chi connectivity index (χ1v) is 20.0. The zero-order chi connectivity index (χ0) is 39.8. The second-order valence-corrected chi connectivity index (χ2v) is 15.3. The lowest BCUT2D eigenvalue weighted by Gasteiger charge is -2.18. The van der Waals surface area contributed by atoms with E-state index in [0.717, 1.165) is 50.0 Å². The molecule has 2 heterocycles. The topological polar surface area (TPSA) is 164 Å². The molecule has 0 spiro atoms. The molecule has 2 aromatic carbocycles. The SMILES string of the molecule is CC.CC.NC[C@]12COC(c3ccccc3)OC[C@H]1C2.OC[C@]12COC(c3ccccc3)OCC1C2.[B]C[C@@]1(CO)C[C@@H]1CO.[B]C[C@@]1(CO)C[C@@H]1CO. The largest absolute Gasteiger partial charge is 0.396 e. The highest BCUT2D eigenvalue weighted by molar-refractivity contribution is 6.09. The quantitative estimate of drug-likeness (QED) is 0.189. The molecule has 2 aliphatic heterocycles. The maximum absolute atomic E-state index is 9.34. The van der Waals surface area contributed by atoms with Crippen LogP contribution in [-0.2, 0) is 18.9 Å². The first-order valence-electron chi connectivity index (χ1n) is 20.0. The van der Waals surface area contributed by atoms with Crippen molar-refractivity contribution in [3.8, 4) is 0 Å². The van der Waals surface area contributed by atoms with E-state index in [1.54, 1.807) is 0 Å². The van der Waals surface area contributed by atoms with E-state index in [-0.39, 0.29) is 79.1 Å². The molecule has 54 heavy (non-hydrogen) atoms. The third-order valence-corrected chi connectivity index (χ3v) is 12.1. The summed E-state index contributed by atoms with van der Waals surface area (Å²) < 4.78 is 23.1. The number of aliphatic hydroxyl groups is 5. The van der Waals surface area contributed by atoms with Gasteiger partial charge in [-0.05, 0) is 60.2 Å². The highest BCUT2D eigenvalue weighted by Gasteiger charge is 2.56. The van der Waals surface area contributed by atoms with Gasteiger partial charge in [0.2, 0.25) is 0 Å². The molecule has 4 radical (unpaired) electrons. The Balaban J connectivity index is 0.000000194. The highest BCUT2D eigenvalue weighted by Crippen LogP contribution is 2.56. The van der Waals surface area contributed by atoms with Crippen molar-refractivity contribution in [1.82, 2.24) is 0 Å². The summed E-state index contributed by atoms with van der Waals surface area (Å²) in [5, 5.41) is 44.1. The standard InChI is InChI=1S/C13H17NO2.C13H16O3.2C6H11BO2.2C2H6/c2*14-8-13-6-11(13)7-15-12(16-9-13)10-4-2-1-3-5-10;2*7-3-6(4-9)1-5(6)2-8;2*1-2/h1-5,11-12H,6-9,14H2;1-5,11-12,14H,6-9H2;2*5,8-9H,1-4H2;2*1-2H3/t11-,12?,13-;11?,12?,13-;2*5-,6-;;/m1111../s1. The van der Waals surface area contributed by atoms with Gasteiger partial charge in [0.25, 0.3) is 0 Å².